The number of benzene rings is 1. The molecule has 1 aromatic rings. The fraction of sp³-hybridized carbons (Fsp3) is 0.333. The van der Waals surface area contributed by atoms with Crippen LogP contribution in [-0.2, 0) is 14.3 Å². The zero-order valence-corrected chi connectivity index (χ0v) is 10.6. The molecule has 0 heterocycles. The second-order valence-corrected chi connectivity index (χ2v) is 3.73. The number of nitrogens with two attached hydrogens (primary N) is 1. The molecule has 104 valence electrons. The van der Waals surface area contributed by atoms with E-state index in [9.17, 15) is 14.0 Å². The molecular formula is C12H15FN2O4. The standard InChI is InChI=1S/C12H15FN2O4/c1-18-6-9(14)11(16)15-10-4-3-7(13)5-8(10)12(17)19-2/h3-5,9H,6,14H2,1-2H3,(H,15,16). The van der Waals surface area contributed by atoms with E-state index < -0.39 is 23.7 Å². The van der Waals surface area contributed by atoms with E-state index in [2.05, 4.69) is 10.1 Å². The number of halogens is 1. The SMILES string of the molecule is COCC(N)C(=O)Nc1ccc(F)cc1C(=O)OC. The summed E-state index contributed by atoms with van der Waals surface area (Å²) >= 11 is 0. The number of carbonyl (C=O) groups is 2. The van der Waals surface area contributed by atoms with Crippen LogP contribution in [0.5, 0.6) is 0 Å². The Hall–Kier alpha value is -1.99. The third-order valence-electron chi connectivity index (χ3n) is 2.33. The van der Waals surface area contributed by atoms with Crippen molar-refractivity contribution in [2.75, 3.05) is 26.1 Å². The van der Waals surface area contributed by atoms with Crippen molar-refractivity contribution in [2.24, 2.45) is 5.73 Å². The molecule has 7 heteroatoms. The van der Waals surface area contributed by atoms with Gasteiger partial charge in [0.25, 0.3) is 0 Å². The van der Waals surface area contributed by atoms with Crippen LogP contribution in [0.4, 0.5) is 10.1 Å². The first-order valence-electron chi connectivity index (χ1n) is 5.42. The molecule has 6 nitrogen and oxygen atoms in total. The molecule has 0 saturated carbocycles. The third-order valence-corrected chi connectivity index (χ3v) is 2.33. The van der Waals surface area contributed by atoms with E-state index in [1.807, 2.05) is 0 Å². The lowest BCUT2D eigenvalue weighted by atomic mass is 10.1. The van der Waals surface area contributed by atoms with Crippen molar-refractivity contribution in [1.82, 2.24) is 0 Å². The Bertz CT molecular complexity index is 479. The summed E-state index contributed by atoms with van der Waals surface area (Å²) in [4.78, 5) is 23.2. The highest BCUT2D eigenvalue weighted by atomic mass is 19.1. The third kappa shape index (κ3) is 4.01. The minimum Gasteiger partial charge on any atom is -0.465 e. The zero-order valence-electron chi connectivity index (χ0n) is 10.6. The number of nitrogens with one attached hydrogen (secondary N) is 1. The van der Waals surface area contributed by atoms with Crippen LogP contribution in [0, 0.1) is 5.82 Å². The Balaban J connectivity index is 2.94. The molecular weight excluding hydrogens is 255 g/mol. The van der Waals surface area contributed by atoms with Gasteiger partial charge in [0.05, 0.1) is 25.0 Å². The topological polar surface area (TPSA) is 90.6 Å². The van der Waals surface area contributed by atoms with Crippen LogP contribution in [0.3, 0.4) is 0 Å². The molecule has 1 unspecified atom stereocenters. The van der Waals surface area contributed by atoms with Crippen LogP contribution in [0.25, 0.3) is 0 Å². The van der Waals surface area contributed by atoms with Gasteiger partial charge in [-0.05, 0) is 18.2 Å². The number of anilines is 1. The van der Waals surface area contributed by atoms with Gasteiger partial charge in [0.15, 0.2) is 0 Å². The lowest BCUT2D eigenvalue weighted by molar-refractivity contribution is -0.118. The van der Waals surface area contributed by atoms with Gasteiger partial charge < -0.3 is 20.5 Å². The molecule has 1 amide bonds. The van der Waals surface area contributed by atoms with Gasteiger partial charge in [-0.2, -0.15) is 0 Å². The molecule has 0 spiro atoms. The molecule has 3 N–H and O–H groups in total. The first-order chi connectivity index (χ1) is 8.99. The van der Waals surface area contributed by atoms with E-state index in [-0.39, 0.29) is 17.9 Å². The Morgan fingerprint density at radius 1 is 1.42 bits per heavy atom. The van der Waals surface area contributed by atoms with Crippen LogP contribution in [0.1, 0.15) is 10.4 Å². The largest absolute Gasteiger partial charge is 0.465 e. The van der Waals surface area contributed by atoms with Crippen LogP contribution in [0.15, 0.2) is 18.2 Å². The first kappa shape index (κ1) is 15.1. The quantitative estimate of drug-likeness (QED) is 0.761. The maximum absolute atomic E-state index is 13.1. The van der Waals surface area contributed by atoms with Gasteiger partial charge in [0, 0.05) is 7.11 Å². The summed E-state index contributed by atoms with van der Waals surface area (Å²) in [6.07, 6.45) is 0. The zero-order chi connectivity index (χ0) is 14.4. The number of hydrogen-bond donors (Lipinski definition) is 2. The normalized spacial score (nSPS) is 11.8. The maximum Gasteiger partial charge on any atom is 0.340 e. The van der Waals surface area contributed by atoms with Crippen molar-refractivity contribution in [3.05, 3.63) is 29.6 Å². The predicted molar refractivity (Wildman–Crippen MR) is 66.2 cm³/mol. The molecule has 1 aromatic carbocycles. The summed E-state index contributed by atoms with van der Waals surface area (Å²) < 4.78 is 22.3. The summed E-state index contributed by atoms with van der Waals surface area (Å²) in [5.41, 5.74) is 5.58. The number of amides is 1. The van der Waals surface area contributed by atoms with E-state index in [0.717, 1.165) is 19.2 Å². The van der Waals surface area contributed by atoms with Crippen molar-refractivity contribution in [2.45, 2.75) is 6.04 Å². The Morgan fingerprint density at radius 3 is 2.68 bits per heavy atom. The average molecular weight is 270 g/mol. The molecule has 0 bridgehead atoms. The van der Waals surface area contributed by atoms with Gasteiger partial charge >= 0.3 is 5.97 Å². The molecule has 1 rings (SSSR count). The van der Waals surface area contributed by atoms with Crippen molar-refractivity contribution < 1.29 is 23.5 Å². The molecule has 0 aromatic heterocycles. The predicted octanol–water partition coefficient (Wildman–Crippen LogP) is 0.524. The van der Waals surface area contributed by atoms with Gasteiger partial charge in [-0.25, -0.2) is 9.18 Å². The molecule has 0 aliphatic carbocycles. The van der Waals surface area contributed by atoms with Crippen molar-refractivity contribution >= 4 is 17.6 Å². The monoisotopic (exact) mass is 270 g/mol. The lowest BCUT2D eigenvalue weighted by Gasteiger charge is -2.13. The van der Waals surface area contributed by atoms with Gasteiger partial charge in [-0.15, -0.1) is 0 Å². The molecule has 0 aliphatic heterocycles. The van der Waals surface area contributed by atoms with Crippen LogP contribution in [0.2, 0.25) is 0 Å². The highest BCUT2D eigenvalue weighted by Crippen LogP contribution is 2.18. The number of hydrogen-bond acceptors (Lipinski definition) is 5. The molecule has 0 saturated heterocycles. The fourth-order valence-electron chi connectivity index (χ4n) is 1.38. The minimum absolute atomic E-state index is 0.0284. The van der Waals surface area contributed by atoms with Gasteiger partial charge in [-0.3, -0.25) is 4.79 Å². The van der Waals surface area contributed by atoms with Crippen LogP contribution in [-0.4, -0.2) is 38.7 Å². The molecule has 0 aliphatic rings. The van der Waals surface area contributed by atoms with Crippen molar-refractivity contribution in [3.8, 4) is 0 Å². The Labute approximate surface area is 109 Å². The van der Waals surface area contributed by atoms with E-state index >= 15 is 0 Å². The highest BCUT2D eigenvalue weighted by molar-refractivity contribution is 6.02. The highest BCUT2D eigenvalue weighted by Gasteiger charge is 2.18. The summed E-state index contributed by atoms with van der Waals surface area (Å²) in [5.74, 6) is -1.91. The molecule has 19 heavy (non-hydrogen) atoms. The molecule has 0 radical (unpaired) electrons. The molecule has 0 fully saturated rings. The van der Waals surface area contributed by atoms with E-state index in [1.54, 1.807) is 0 Å². The summed E-state index contributed by atoms with van der Waals surface area (Å²) in [6, 6.07) is 2.46. The van der Waals surface area contributed by atoms with E-state index in [1.165, 1.54) is 13.2 Å². The number of methoxy groups -OCH3 is 2. The van der Waals surface area contributed by atoms with E-state index in [0.29, 0.717) is 0 Å². The number of rotatable bonds is 5. The minimum atomic E-state index is -0.888. The summed E-state index contributed by atoms with van der Waals surface area (Å²) in [6.45, 7) is 0.0284. The molecule has 1 atom stereocenters. The second-order valence-electron chi connectivity index (χ2n) is 3.73. The van der Waals surface area contributed by atoms with Crippen LogP contribution >= 0.6 is 0 Å². The smallest absolute Gasteiger partial charge is 0.340 e. The Kier molecular flexibility index (Phi) is 5.40. The van der Waals surface area contributed by atoms with Gasteiger partial charge in [0.1, 0.15) is 11.9 Å². The van der Waals surface area contributed by atoms with E-state index in [4.69, 9.17) is 10.5 Å². The first-order valence-corrected chi connectivity index (χ1v) is 5.42. The number of esters is 1. The summed E-state index contributed by atoms with van der Waals surface area (Å²) in [7, 11) is 2.57. The van der Waals surface area contributed by atoms with Crippen LogP contribution < -0.4 is 11.1 Å². The van der Waals surface area contributed by atoms with Gasteiger partial charge in [-0.1, -0.05) is 0 Å². The second kappa shape index (κ2) is 6.81. The van der Waals surface area contributed by atoms with Crippen molar-refractivity contribution in [1.29, 1.82) is 0 Å². The number of ether oxygens (including phenoxy) is 2. The summed E-state index contributed by atoms with van der Waals surface area (Å²) in [5, 5.41) is 2.43. The van der Waals surface area contributed by atoms with Crippen molar-refractivity contribution in [3.63, 3.8) is 0 Å². The number of carbonyl (C=O) groups excluding carboxylic acids is 2. The Morgan fingerprint density at radius 2 is 2.11 bits per heavy atom. The van der Waals surface area contributed by atoms with Gasteiger partial charge in [0.2, 0.25) is 5.91 Å². The average Bonchev–Trinajstić information content (AvgIpc) is 2.40. The lowest BCUT2D eigenvalue weighted by Crippen LogP contribution is -2.39. The fourth-order valence-corrected chi connectivity index (χ4v) is 1.38. The maximum atomic E-state index is 13.1.